The molecule has 2 unspecified atom stereocenters. The number of fused-ring (bicyclic) bond motifs is 2. The predicted octanol–water partition coefficient (Wildman–Crippen LogP) is 6.49. The van der Waals surface area contributed by atoms with Crippen molar-refractivity contribution in [2.45, 2.75) is 46.8 Å². The van der Waals surface area contributed by atoms with E-state index >= 15 is 0 Å². The highest BCUT2D eigenvalue weighted by Gasteiger charge is 2.39. The average molecular weight is 570 g/mol. The molecule has 2 fully saturated rings. The number of aryl methyl sites for hydroxylation is 3. The number of carbonyl (C=O) groups excluding carboxylic acids is 1. The van der Waals surface area contributed by atoms with Crippen molar-refractivity contribution < 1.29 is 9.53 Å². The minimum absolute atomic E-state index is 0.0254. The van der Waals surface area contributed by atoms with E-state index in [0.29, 0.717) is 18.7 Å². The fourth-order valence-corrected chi connectivity index (χ4v) is 7.23. The summed E-state index contributed by atoms with van der Waals surface area (Å²) in [6.07, 6.45) is 4.59. The molecule has 0 N–H and O–H groups in total. The van der Waals surface area contributed by atoms with Crippen molar-refractivity contribution in [1.29, 1.82) is 0 Å². The fourth-order valence-electron chi connectivity index (χ4n) is 6.38. The van der Waals surface area contributed by atoms with Crippen LogP contribution in [0.3, 0.4) is 0 Å². The summed E-state index contributed by atoms with van der Waals surface area (Å²) in [5, 5.41) is 7.68. The summed E-state index contributed by atoms with van der Waals surface area (Å²) in [5.74, 6) is 3.23. The van der Waals surface area contributed by atoms with Gasteiger partial charge in [0, 0.05) is 49.9 Å². The molecule has 8 heteroatoms. The first-order valence-electron chi connectivity index (χ1n) is 14.5. The molecule has 1 saturated carbocycles. The number of carbonyl (C=O) groups is 1. The lowest BCUT2D eigenvalue weighted by atomic mass is 9.87. The Morgan fingerprint density at radius 1 is 1.10 bits per heavy atom. The lowest BCUT2D eigenvalue weighted by molar-refractivity contribution is 0.0783. The number of aromatic nitrogens is 3. The highest BCUT2D eigenvalue weighted by molar-refractivity contribution is 7.14. The number of hydrogen-bond acceptors (Lipinski definition) is 6. The molecule has 7 nitrogen and oxygen atoms in total. The number of anilines is 1. The molecule has 2 bridgehead atoms. The van der Waals surface area contributed by atoms with E-state index in [2.05, 4.69) is 41.4 Å². The van der Waals surface area contributed by atoms with Crippen LogP contribution in [0.25, 0.3) is 11.3 Å². The zero-order valence-corrected chi connectivity index (χ0v) is 25.4. The van der Waals surface area contributed by atoms with Crippen molar-refractivity contribution in [1.82, 2.24) is 19.7 Å². The van der Waals surface area contributed by atoms with Crippen molar-refractivity contribution >= 4 is 22.4 Å². The Labute approximate surface area is 246 Å². The van der Waals surface area contributed by atoms with Crippen LogP contribution in [-0.2, 0) is 20.2 Å². The first-order chi connectivity index (χ1) is 19.7. The van der Waals surface area contributed by atoms with Gasteiger partial charge >= 0.3 is 0 Å². The molecule has 6 rings (SSSR count). The highest BCUT2D eigenvalue weighted by Crippen LogP contribution is 2.44. The molecular weight excluding hydrogens is 530 g/mol. The quantitative estimate of drug-likeness (QED) is 0.243. The van der Waals surface area contributed by atoms with Crippen molar-refractivity contribution in [3.63, 3.8) is 0 Å². The number of rotatable bonds is 8. The number of piperidine rings is 1. The Kier molecular flexibility index (Phi) is 7.60. The molecule has 1 saturated heterocycles. The Morgan fingerprint density at radius 2 is 1.88 bits per heavy atom. The van der Waals surface area contributed by atoms with E-state index in [9.17, 15) is 4.79 Å². The standard InChI is InChI=1S/C33H39N5O2S/c1-21-6-11-31(29(14-21)30-20-41-33(34-30)38-16-25-8-9-26(17-38)23(25)3)40-19-27-10-7-24(15-22(27)2)32(39)36(4)18-28-12-13-37(5)35-28/h6-7,10-15,20,23,25-26H,8-9,16-19H2,1-5H3. The van der Waals surface area contributed by atoms with E-state index in [1.54, 1.807) is 20.9 Å². The molecular formula is C33H39N5O2S. The van der Waals surface area contributed by atoms with E-state index in [1.807, 2.05) is 57.5 Å². The summed E-state index contributed by atoms with van der Waals surface area (Å²) < 4.78 is 8.15. The summed E-state index contributed by atoms with van der Waals surface area (Å²) in [5.41, 5.74) is 6.79. The van der Waals surface area contributed by atoms with Gasteiger partial charge in [-0.25, -0.2) is 4.98 Å². The molecule has 4 aromatic rings. The number of benzene rings is 2. The molecule has 1 aliphatic carbocycles. The summed E-state index contributed by atoms with van der Waals surface area (Å²) in [6, 6.07) is 14.1. The largest absolute Gasteiger partial charge is 0.488 e. The van der Waals surface area contributed by atoms with E-state index < -0.39 is 0 Å². The molecule has 214 valence electrons. The second-order valence-electron chi connectivity index (χ2n) is 11.9. The number of nitrogens with zero attached hydrogens (tertiary/aromatic N) is 5. The van der Waals surface area contributed by atoms with Gasteiger partial charge in [0.15, 0.2) is 5.13 Å². The number of thiazole rings is 1. The predicted molar refractivity (Wildman–Crippen MR) is 164 cm³/mol. The fraction of sp³-hybridized carbons (Fsp3) is 0.424. The summed E-state index contributed by atoms with van der Waals surface area (Å²) in [7, 11) is 3.68. The zero-order valence-electron chi connectivity index (χ0n) is 24.6. The van der Waals surface area contributed by atoms with Crippen LogP contribution < -0.4 is 9.64 Å². The first-order valence-corrected chi connectivity index (χ1v) is 15.4. The molecule has 0 radical (unpaired) electrons. The topological polar surface area (TPSA) is 63.5 Å². The lowest BCUT2D eigenvalue weighted by Crippen LogP contribution is -2.40. The second kappa shape index (κ2) is 11.3. The molecule has 2 aromatic carbocycles. The van der Waals surface area contributed by atoms with Crippen LogP contribution in [-0.4, -0.2) is 45.7 Å². The van der Waals surface area contributed by atoms with Gasteiger partial charge in [-0.2, -0.15) is 5.10 Å². The van der Waals surface area contributed by atoms with Gasteiger partial charge in [0.25, 0.3) is 5.91 Å². The number of ether oxygens (including phenoxy) is 1. The van der Waals surface area contributed by atoms with E-state index in [-0.39, 0.29) is 5.91 Å². The van der Waals surface area contributed by atoms with Crippen molar-refractivity contribution in [2.75, 3.05) is 25.0 Å². The Balaban J connectivity index is 1.14. The molecule has 2 atom stereocenters. The van der Waals surface area contributed by atoms with Gasteiger partial charge in [0.1, 0.15) is 12.4 Å². The molecule has 1 aliphatic heterocycles. The van der Waals surface area contributed by atoms with Crippen LogP contribution >= 0.6 is 11.3 Å². The van der Waals surface area contributed by atoms with Crippen LogP contribution in [0.2, 0.25) is 0 Å². The monoisotopic (exact) mass is 569 g/mol. The van der Waals surface area contributed by atoms with E-state index in [0.717, 1.165) is 69.8 Å². The van der Waals surface area contributed by atoms with Crippen LogP contribution in [0.5, 0.6) is 5.75 Å². The Bertz CT molecular complexity index is 1540. The van der Waals surface area contributed by atoms with Crippen LogP contribution in [0.4, 0.5) is 5.13 Å². The van der Waals surface area contributed by atoms with Crippen molar-refractivity contribution in [3.8, 4) is 17.0 Å². The van der Waals surface area contributed by atoms with Gasteiger partial charge in [0.2, 0.25) is 0 Å². The van der Waals surface area contributed by atoms with Crippen LogP contribution in [0.1, 0.15) is 52.5 Å². The maximum Gasteiger partial charge on any atom is 0.253 e. The van der Waals surface area contributed by atoms with Crippen molar-refractivity contribution in [3.05, 3.63) is 82.0 Å². The molecule has 2 aromatic heterocycles. The molecule has 1 amide bonds. The molecule has 2 aliphatic rings. The van der Waals surface area contributed by atoms with Crippen molar-refractivity contribution in [2.24, 2.45) is 24.8 Å². The minimum atomic E-state index is -0.0254. The summed E-state index contributed by atoms with van der Waals surface area (Å²) in [4.78, 5) is 22.4. The minimum Gasteiger partial charge on any atom is -0.488 e. The maximum absolute atomic E-state index is 13.1. The van der Waals surface area contributed by atoms with Gasteiger partial charge in [-0.15, -0.1) is 11.3 Å². The Hall–Kier alpha value is -3.65. The lowest BCUT2D eigenvalue weighted by Gasteiger charge is -2.36. The van der Waals surface area contributed by atoms with Gasteiger partial charge in [-0.05, 0) is 85.9 Å². The van der Waals surface area contributed by atoms with Crippen LogP contribution in [0.15, 0.2) is 54.0 Å². The zero-order chi connectivity index (χ0) is 28.7. The third kappa shape index (κ3) is 5.75. The van der Waals surface area contributed by atoms with Gasteiger partial charge < -0.3 is 14.5 Å². The first kappa shape index (κ1) is 27.5. The highest BCUT2D eigenvalue weighted by atomic mass is 32.1. The van der Waals surface area contributed by atoms with Gasteiger partial charge in [0.05, 0.1) is 17.9 Å². The Morgan fingerprint density at radius 3 is 2.59 bits per heavy atom. The summed E-state index contributed by atoms with van der Waals surface area (Å²) >= 11 is 1.74. The third-order valence-corrected chi connectivity index (χ3v) is 9.87. The number of amides is 1. The van der Waals surface area contributed by atoms with Crippen LogP contribution in [0, 0.1) is 31.6 Å². The molecule has 3 heterocycles. The number of hydrogen-bond donors (Lipinski definition) is 0. The smallest absolute Gasteiger partial charge is 0.253 e. The molecule has 0 spiro atoms. The SMILES string of the molecule is Cc1ccc(OCc2ccc(C(=O)N(C)Cc3ccn(C)n3)cc2C)c(-c2csc(N3CC4CCC(C3)C4C)n2)c1. The maximum atomic E-state index is 13.1. The molecule has 41 heavy (non-hydrogen) atoms. The van der Waals surface area contributed by atoms with E-state index in [1.165, 1.54) is 18.4 Å². The third-order valence-electron chi connectivity index (χ3n) is 8.97. The summed E-state index contributed by atoms with van der Waals surface area (Å²) in [6.45, 7) is 9.70. The van der Waals surface area contributed by atoms with Gasteiger partial charge in [-0.3, -0.25) is 9.48 Å². The second-order valence-corrected chi connectivity index (χ2v) is 12.8. The van der Waals surface area contributed by atoms with Gasteiger partial charge in [-0.1, -0.05) is 24.6 Å². The normalized spacial score (nSPS) is 19.9. The van der Waals surface area contributed by atoms with E-state index in [4.69, 9.17) is 9.72 Å². The average Bonchev–Trinajstić information content (AvgIpc) is 3.65.